The van der Waals surface area contributed by atoms with Crippen molar-refractivity contribution in [3.63, 3.8) is 0 Å². The van der Waals surface area contributed by atoms with E-state index in [9.17, 15) is 0 Å². The van der Waals surface area contributed by atoms with E-state index >= 15 is 0 Å². The molecule has 0 N–H and O–H groups in total. The maximum Gasteiger partial charge on any atom is -0.00699 e. The Balaban J connectivity index is 1.69. The Morgan fingerprint density at radius 2 is 0.871 bits per heavy atom. The predicted octanol–water partition coefficient (Wildman–Crippen LogP) is 8.79. The summed E-state index contributed by atoms with van der Waals surface area (Å²) < 4.78 is 0. The fraction of sp³-hybridized carbons (Fsp3) is 0.0323. The van der Waals surface area contributed by atoms with Gasteiger partial charge in [-0.15, -0.1) is 0 Å². The van der Waals surface area contributed by atoms with Crippen molar-refractivity contribution < 1.29 is 0 Å². The molecule has 0 heteroatoms. The van der Waals surface area contributed by atoms with Crippen molar-refractivity contribution >= 4 is 32.3 Å². The van der Waals surface area contributed by atoms with Gasteiger partial charge in [-0.1, -0.05) is 115 Å². The van der Waals surface area contributed by atoms with Crippen molar-refractivity contribution in [3.05, 3.63) is 121 Å². The van der Waals surface area contributed by atoms with Crippen molar-refractivity contribution in [2.75, 3.05) is 0 Å². The van der Waals surface area contributed by atoms with Crippen LogP contribution in [0.1, 0.15) is 5.56 Å². The van der Waals surface area contributed by atoms with Crippen LogP contribution in [0.4, 0.5) is 0 Å². The van der Waals surface area contributed by atoms with Crippen LogP contribution in [0.5, 0.6) is 0 Å². The number of fused-ring (bicyclic) bond motifs is 3. The molecule has 0 radical (unpaired) electrons. The van der Waals surface area contributed by atoms with E-state index in [0.29, 0.717) is 0 Å². The van der Waals surface area contributed by atoms with Crippen molar-refractivity contribution in [2.24, 2.45) is 0 Å². The molecule has 0 aromatic heterocycles. The van der Waals surface area contributed by atoms with Gasteiger partial charge >= 0.3 is 0 Å². The van der Waals surface area contributed by atoms with Crippen LogP contribution in [0.3, 0.4) is 0 Å². The van der Waals surface area contributed by atoms with E-state index in [0.717, 1.165) is 0 Å². The lowest BCUT2D eigenvalue weighted by atomic mass is 9.87. The van der Waals surface area contributed by atoms with Crippen molar-refractivity contribution in [2.45, 2.75) is 6.92 Å². The zero-order valence-electron chi connectivity index (χ0n) is 17.5. The molecule has 0 aliphatic heterocycles. The molecule has 0 bridgehead atoms. The molecular formula is C31H22. The Bertz CT molecular complexity index is 1580. The second-order valence-electron chi connectivity index (χ2n) is 8.21. The summed E-state index contributed by atoms with van der Waals surface area (Å²) >= 11 is 0. The van der Waals surface area contributed by atoms with E-state index in [-0.39, 0.29) is 0 Å². The molecular weight excluding hydrogens is 372 g/mol. The Labute approximate surface area is 182 Å². The highest BCUT2D eigenvalue weighted by Crippen LogP contribution is 2.41. The number of rotatable bonds is 2. The standard InChI is InChI=1S/C31H22/c1-21-17-18-23-10-3-5-13-25(23)31(21)30-20-19-29(27-14-6-7-15-28(27)30)26-16-8-11-22-9-2-4-12-24(22)26/h2-20H,1H3. The maximum atomic E-state index is 2.31. The van der Waals surface area contributed by atoms with Gasteiger partial charge in [0.2, 0.25) is 0 Å². The molecule has 6 aromatic carbocycles. The molecule has 31 heavy (non-hydrogen) atoms. The molecule has 6 aromatic rings. The number of aryl methyl sites for hydroxylation is 1. The van der Waals surface area contributed by atoms with Gasteiger partial charge in [0.1, 0.15) is 0 Å². The molecule has 0 aliphatic rings. The molecule has 0 fully saturated rings. The first-order chi connectivity index (χ1) is 15.3. The topological polar surface area (TPSA) is 0 Å². The summed E-state index contributed by atoms with van der Waals surface area (Å²) in [5.41, 5.74) is 6.51. The highest BCUT2D eigenvalue weighted by Gasteiger charge is 2.14. The first-order valence-electron chi connectivity index (χ1n) is 10.8. The van der Waals surface area contributed by atoms with Crippen molar-refractivity contribution in [3.8, 4) is 22.3 Å². The zero-order chi connectivity index (χ0) is 20.8. The highest BCUT2D eigenvalue weighted by atomic mass is 14.2. The molecule has 0 nitrogen and oxygen atoms in total. The molecule has 0 saturated carbocycles. The fourth-order valence-corrected chi connectivity index (χ4v) is 4.95. The van der Waals surface area contributed by atoms with Gasteiger partial charge in [0.15, 0.2) is 0 Å². The minimum absolute atomic E-state index is 1.28. The maximum absolute atomic E-state index is 2.31. The summed E-state index contributed by atoms with van der Waals surface area (Å²) in [7, 11) is 0. The third kappa shape index (κ3) is 2.84. The molecule has 0 atom stereocenters. The van der Waals surface area contributed by atoms with Crippen LogP contribution in [0.15, 0.2) is 115 Å². The minimum Gasteiger partial charge on any atom is -0.0616 e. The van der Waals surface area contributed by atoms with E-state index in [1.165, 1.54) is 60.1 Å². The summed E-state index contributed by atoms with van der Waals surface area (Å²) in [4.78, 5) is 0. The number of hydrogen-bond donors (Lipinski definition) is 0. The second-order valence-corrected chi connectivity index (χ2v) is 8.21. The van der Waals surface area contributed by atoms with Gasteiger partial charge in [-0.05, 0) is 67.1 Å². The molecule has 0 heterocycles. The van der Waals surface area contributed by atoms with E-state index < -0.39 is 0 Å². The van der Waals surface area contributed by atoms with E-state index in [2.05, 4.69) is 122 Å². The van der Waals surface area contributed by atoms with Crippen LogP contribution >= 0.6 is 0 Å². The van der Waals surface area contributed by atoms with Gasteiger partial charge < -0.3 is 0 Å². The Morgan fingerprint density at radius 1 is 0.355 bits per heavy atom. The van der Waals surface area contributed by atoms with Crippen molar-refractivity contribution in [1.29, 1.82) is 0 Å². The Kier molecular flexibility index (Phi) is 4.11. The number of benzene rings is 6. The van der Waals surface area contributed by atoms with Crippen LogP contribution in [0.2, 0.25) is 0 Å². The van der Waals surface area contributed by atoms with Crippen molar-refractivity contribution in [1.82, 2.24) is 0 Å². The SMILES string of the molecule is Cc1ccc2ccccc2c1-c1ccc(-c2cccc3ccccc23)c2ccccc12. The van der Waals surface area contributed by atoms with Crippen LogP contribution in [0.25, 0.3) is 54.6 Å². The molecule has 146 valence electrons. The third-order valence-electron chi connectivity index (χ3n) is 6.41. The zero-order valence-corrected chi connectivity index (χ0v) is 17.5. The summed E-state index contributed by atoms with van der Waals surface area (Å²) in [6.07, 6.45) is 0. The Hall–Kier alpha value is -3.90. The molecule has 0 aliphatic carbocycles. The lowest BCUT2D eigenvalue weighted by molar-refractivity contribution is 1.50. The first kappa shape index (κ1) is 17.9. The third-order valence-corrected chi connectivity index (χ3v) is 6.41. The van der Waals surface area contributed by atoms with E-state index in [4.69, 9.17) is 0 Å². The summed E-state index contributed by atoms with van der Waals surface area (Å²) in [6, 6.07) is 41.8. The first-order valence-corrected chi connectivity index (χ1v) is 10.8. The molecule has 6 rings (SSSR count). The minimum atomic E-state index is 1.28. The molecule has 0 amide bonds. The molecule has 0 spiro atoms. The van der Waals surface area contributed by atoms with Gasteiger partial charge in [-0.25, -0.2) is 0 Å². The summed E-state index contributed by atoms with van der Waals surface area (Å²) in [5.74, 6) is 0. The average Bonchev–Trinajstić information content (AvgIpc) is 2.83. The lowest BCUT2D eigenvalue weighted by Crippen LogP contribution is -1.90. The molecule has 0 saturated heterocycles. The largest absolute Gasteiger partial charge is 0.0616 e. The average molecular weight is 395 g/mol. The fourth-order valence-electron chi connectivity index (χ4n) is 4.95. The van der Waals surface area contributed by atoms with Gasteiger partial charge in [0.05, 0.1) is 0 Å². The normalized spacial score (nSPS) is 11.4. The highest BCUT2D eigenvalue weighted by molar-refractivity contribution is 6.12. The van der Waals surface area contributed by atoms with Crippen LogP contribution in [-0.4, -0.2) is 0 Å². The lowest BCUT2D eigenvalue weighted by Gasteiger charge is -2.16. The van der Waals surface area contributed by atoms with Gasteiger partial charge in [-0.3, -0.25) is 0 Å². The molecule has 0 unspecified atom stereocenters. The van der Waals surface area contributed by atoms with Gasteiger partial charge in [-0.2, -0.15) is 0 Å². The van der Waals surface area contributed by atoms with E-state index in [1.807, 2.05) is 0 Å². The van der Waals surface area contributed by atoms with Crippen LogP contribution in [-0.2, 0) is 0 Å². The quantitative estimate of drug-likeness (QED) is 0.275. The predicted molar refractivity (Wildman–Crippen MR) is 135 cm³/mol. The van der Waals surface area contributed by atoms with E-state index in [1.54, 1.807) is 0 Å². The second kappa shape index (κ2) is 7.11. The number of hydrogen-bond acceptors (Lipinski definition) is 0. The van der Waals surface area contributed by atoms with Crippen LogP contribution < -0.4 is 0 Å². The Morgan fingerprint density at radius 3 is 1.65 bits per heavy atom. The van der Waals surface area contributed by atoms with Gasteiger partial charge in [0.25, 0.3) is 0 Å². The monoisotopic (exact) mass is 394 g/mol. The van der Waals surface area contributed by atoms with Gasteiger partial charge in [0, 0.05) is 0 Å². The summed E-state index contributed by atoms with van der Waals surface area (Å²) in [5, 5.41) is 7.76. The van der Waals surface area contributed by atoms with Crippen LogP contribution in [0, 0.1) is 6.92 Å². The smallest absolute Gasteiger partial charge is 0.00699 e. The summed E-state index contributed by atoms with van der Waals surface area (Å²) in [6.45, 7) is 2.22.